The molecule has 4 unspecified atom stereocenters. The van der Waals surface area contributed by atoms with Gasteiger partial charge in [-0.3, -0.25) is 37.3 Å². The van der Waals surface area contributed by atoms with Gasteiger partial charge in [0.25, 0.3) is 0 Å². The van der Waals surface area contributed by atoms with Crippen molar-refractivity contribution < 1.29 is 80.2 Å². The normalized spacial score (nSPS) is 14.7. The number of hydrogen-bond donors (Lipinski definition) is 3. The van der Waals surface area contributed by atoms with Gasteiger partial charge >= 0.3 is 39.5 Å². The molecule has 0 saturated carbocycles. The van der Waals surface area contributed by atoms with Crippen molar-refractivity contribution in [2.45, 2.75) is 419 Å². The third-order valence-corrected chi connectivity index (χ3v) is 21.3. The fraction of sp³-hybridized carbons (Fsp3) is 0.859. The number of allylic oxidation sites excluding steroid dienone is 8. The minimum atomic E-state index is -4.98. The molecule has 19 heteroatoms. The first-order chi connectivity index (χ1) is 50.4. The van der Waals surface area contributed by atoms with E-state index in [0.29, 0.717) is 25.7 Å². The standard InChI is InChI=1S/C85H158O17P2/c1-7-11-13-15-17-19-21-23-29-34-38-42-49-55-61-67-82(87)95-73-80(101-84(89)70-64-58-52-44-40-36-32-28-26-25-27-31-33-37-41-47-53-59-65-77(5)9-3)75-99-103(91,92)97-71-79(86)72-98-104(93,94)100-76-81(74-96-83(88)68-62-56-50-46-45-48-54-60-66-78(6)10-4)102-85(90)69-63-57-51-43-39-35-30-24-22-20-18-16-14-12-8-2/h19-24,29-30,77-81,86H,7-18,25-28,31-76H2,1-6H3,(H,91,92)(H,93,94)/b21-19-,22-20-,29-23-,30-24-/t77?,78?,79-,80-,81-/m1/s1. The summed E-state index contributed by atoms with van der Waals surface area (Å²) in [4.78, 5) is 73.1. The first-order valence-electron chi connectivity index (χ1n) is 42.7. The number of carbonyl (C=O) groups is 4. The van der Waals surface area contributed by atoms with Crippen LogP contribution >= 0.6 is 15.6 Å². The number of aliphatic hydroxyl groups is 1. The lowest BCUT2D eigenvalue weighted by atomic mass is 9.99. The zero-order valence-corrected chi connectivity index (χ0v) is 69.1. The number of unbranched alkanes of at least 4 members (excludes halogenated alkanes) is 42. The minimum absolute atomic E-state index is 0.0824. The number of phosphoric acid groups is 2. The summed E-state index contributed by atoms with van der Waals surface area (Å²) >= 11 is 0. The van der Waals surface area contributed by atoms with Crippen LogP contribution in [0.1, 0.15) is 401 Å². The van der Waals surface area contributed by atoms with Gasteiger partial charge in [-0.15, -0.1) is 0 Å². The van der Waals surface area contributed by atoms with Gasteiger partial charge in [0.2, 0.25) is 0 Å². The lowest BCUT2D eigenvalue weighted by molar-refractivity contribution is -0.161. The zero-order valence-electron chi connectivity index (χ0n) is 67.3. The molecule has 0 aromatic carbocycles. The molecule has 0 rings (SSSR count). The van der Waals surface area contributed by atoms with Crippen molar-refractivity contribution in [3.05, 3.63) is 48.6 Å². The van der Waals surface area contributed by atoms with Crippen LogP contribution in [-0.2, 0) is 65.4 Å². The van der Waals surface area contributed by atoms with Crippen LogP contribution in [0.4, 0.5) is 0 Å². The molecular formula is C85H158O17P2. The molecule has 0 aliphatic rings. The van der Waals surface area contributed by atoms with E-state index in [4.69, 9.17) is 37.0 Å². The third-order valence-electron chi connectivity index (χ3n) is 19.4. The molecule has 0 aliphatic heterocycles. The predicted molar refractivity (Wildman–Crippen MR) is 427 cm³/mol. The Morgan fingerprint density at radius 3 is 0.808 bits per heavy atom. The van der Waals surface area contributed by atoms with E-state index in [1.165, 1.54) is 186 Å². The number of ether oxygens (including phenoxy) is 4. The first kappa shape index (κ1) is 101. The maximum Gasteiger partial charge on any atom is 0.472 e. The van der Waals surface area contributed by atoms with E-state index in [1.807, 2.05) is 0 Å². The molecule has 0 heterocycles. The second-order valence-electron chi connectivity index (χ2n) is 29.7. The average Bonchev–Trinajstić information content (AvgIpc) is 0.901. The number of rotatable bonds is 80. The summed E-state index contributed by atoms with van der Waals surface area (Å²) in [6.45, 7) is 9.59. The molecule has 7 atom stereocenters. The summed E-state index contributed by atoms with van der Waals surface area (Å²) in [7, 11) is -9.95. The summed E-state index contributed by atoms with van der Waals surface area (Å²) in [5.74, 6) is -0.525. The van der Waals surface area contributed by atoms with Crippen LogP contribution in [0.25, 0.3) is 0 Å². The van der Waals surface area contributed by atoms with Crippen LogP contribution in [0.5, 0.6) is 0 Å². The monoisotopic (exact) mass is 1510 g/mol. The Hall–Kier alpha value is -2.98. The Balaban J connectivity index is 5.30. The van der Waals surface area contributed by atoms with Crippen molar-refractivity contribution in [3.63, 3.8) is 0 Å². The minimum Gasteiger partial charge on any atom is -0.462 e. The van der Waals surface area contributed by atoms with Crippen molar-refractivity contribution in [1.82, 2.24) is 0 Å². The third kappa shape index (κ3) is 74.5. The molecule has 0 radical (unpaired) electrons. The highest BCUT2D eigenvalue weighted by Gasteiger charge is 2.30. The lowest BCUT2D eigenvalue weighted by Crippen LogP contribution is -2.30. The van der Waals surface area contributed by atoms with Gasteiger partial charge in [-0.25, -0.2) is 9.13 Å². The average molecular weight is 1510 g/mol. The zero-order chi connectivity index (χ0) is 76.4. The van der Waals surface area contributed by atoms with Crippen LogP contribution in [0.2, 0.25) is 0 Å². The Bertz CT molecular complexity index is 2190. The van der Waals surface area contributed by atoms with Gasteiger partial charge in [-0.2, -0.15) is 0 Å². The van der Waals surface area contributed by atoms with Gasteiger partial charge in [0.15, 0.2) is 12.2 Å². The molecule has 0 saturated heterocycles. The summed E-state index contributed by atoms with van der Waals surface area (Å²) < 4.78 is 68.7. The highest BCUT2D eigenvalue weighted by molar-refractivity contribution is 7.47. The number of hydrogen-bond acceptors (Lipinski definition) is 15. The second kappa shape index (κ2) is 75.4. The topological polar surface area (TPSA) is 237 Å². The summed E-state index contributed by atoms with van der Waals surface area (Å²) in [6.07, 6.45) is 72.3. The Kier molecular flexibility index (Phi) is 73.3. The first-order valence-corrected chi connectivity index (χ1v) is 45.7. The number of esters is 4. The number of carbonyl (C=O) groups excluding carboxylic acids is 4. The van der Waals surface area contributed by atoms with Crippen molar-refractivity contribution >= 4 is 39.5 Å². The van der Waals surface area contributed by atoms with E-state index in [2.05, 4.69) is 90.2 Å². The van der Waals surface area contributed by atoms with Crippen LogP contribution in [-0.4, -0.2) is 96.7 Å². The SMILES string of the molecule is CCCCCC/C=C\C=C/CCCCCCCC(=O)OC[C@H](COP(=O)(O)OC[C@@H](O)COP(=O)(O)OC[C@@H](COC(=O)CCCCCCCCCCC(C)CC)OC(=O)CCCCCCC/C=C\C=C/CCCCCC)OC(=O)CCCCCCCCCCCCCCCCCCCCC(C)CC. The molecule has 610 valence electrons. The molecule has 0 bridgehead atoms. The largest absolute Gasteiger partial charge is 0.472 e. The van der Waals surface area contributed by atoms with E-state index in [1.54, 1.807) is 0 Å². The maximum absolute atomic E-state index is 13.1. The maximum atomic E-state index is 13.1. The fourth-order valence-electron chi connectivity index (χ4n) is 12.1. The van der Waals surface area contributed by atoms with Crippen molar-refractivity contribution in [3.8, 4) is 0 Å². The van der Waals surface area contributed by atoms with Crippen LogP contribution in [0.3, 0.4) is 0 Å². The van der Waals surface area contributed by atoms with Crippen LogP contribution in [0.15, 0.2) is 48.6 Å². The Morgan fingerprint density at radius 1 is 0.308 bits per heavy atom. The van der Waals surface area contributed by atoms with Gasteiger partial charge in [0.05, 0.1) is 26.4 Å². The molecule has 3 N–H and O–H groups in total. The van der Waals surface area contributed by atoms with E-state index in [0.717, 1.165) is 134 Å². The van der Waals surface area contributed by atoms with E-state index < -0.39 is 97.5 Å². The smallest absolute Gasteiger partial charge is 0.462 e. The van der Waals surface area contributed by atoms with Gasteiger partial charge < -0.3 is 33.8 Å². The molecule has 17 nitrogen and oxygen atoms in total. The Labute approximate surface area is 636 Å². The molecule has 104 heavy (non-hydrogen) atoms. The predicted octanol–water partition coefficient (Wildman–Crippen LogP) is 24.9. The van der Waals surface area contributed by atoms with Gasteiger partial charge in [-0.05, 0) is 88.9 Å². The van der Waals surface area contributed by atoms with E-state index in [-0.39, 0.29) is 25.7 Å². The summed E-state index contributed by atoms with van der Waals surface area (Å²) in [5, 5.41) is 10.7. The second-order valence-corrected chi connectivity index (χ2v) is 32.6. The lowest BCUT2D eigenvalue weighted by Gasteiger charge is -2.21. The molecule has 0 amide bonds. The molecular weight excluding hydrogens is 1350 g/mol. The van der Waals surface area contributed by atoms with Crippen LogP contribution < -0.4 is 0 Å². The van der Waals surface area contributed by atoms with Crippen LogP contribution in [0, 0.1) is 11.8 Å². The molecule has 0 aromatic rings. The molecule has 0 fully saturated rings. The van der Waals surface area contributed by atoms with Crippen molar-refractivity contribution in [1.29, 1.82) is 0 Å². The quantitative estimate of drug-likeness (QED) is 0.0169. The molecule has 0 spiro atoms. The van der Waals surface area contributed by atoms with E-state index in [9.17, 15) is 43.2 Å². The van der Waals surface area contributed by atoms with Crippen molar-refractivity contribution in [2.24, 2.45) is 11.8 Å². The van der Waals surface area contributed by atoms with Crippen molar-refractivity contribution in [2.75, 3.05) is 39.6 Å². The summed E-state index contributed by atoms with van der Waals surface area (Å²) in [5.41, 5.74) is 0. The summed E-state index contributed by atoms with van der Waals surface area (Å²) in [6, 6.07) is 0. The molecule has 0 aliphatic carbocycles. The fourth-order valence-corrected chi connectivity index (χ4v) is 13.7. The number of aliphatic hydroxyl groups excluding tert-OH is 1. The highest BCUT2D eigenvalue weighted by atomic mass is 31.2. The highest BCUT2D eigenvalue weighted by Crippen LogP contribution is 2.45. The van der Waals surface area contributed by atoms with Gasteiger partial charge in [0.1, 0.15) is 19.3 Å². The Morgan fingerprint density at radius 2 is 0.538 bits per heavy atom. The van der Waals surface area contributed by atoms with Gasteiger partial charge in [-0.1, -0.05) is 347 Å². The molecule has 0 aromatic heterocycles. The number of phosphoric ester groups is 2. The van der Waals surface area contributed by atoms with E-state index >= 15 is 0 Å². The van der Waals surface area contributed by atoms with Gasteiger partial charge in [0, 0.05) is 25.7 Å².